The lowest BCUT2D eigenvalue weighted by Crippen LogP contribution is -2.26. The molecular formula is C10H14ClN5. The standard InChI is InChI=1S/C10H14ClN5/c1-3-5-15(4-2)9-6-8(11)14-10-12-7-13-16(9)10/h6-7H,3-5H2,1-2H3. The third-order valence-corrected chi connectivity index (χ3v) is 2.59. The van der Waals surface area contributed by atoms with Gasteiger partial charge in [0.25, 0.3) is 5.78 Å². The molecule has 86 valence electrons. The molecule has 0 radical (unpaired) electrons. The van der Waals surface area contributed by atoms with E-state index in [2.05, 4.69) is 33.8 Å². The quantitative estimate of drug-likeness (QED) is 0.766. The molecule has 2 aromatic rings. The molecule has 0 bridgehead atoms. The second-order valence-corrected chi connectivity index (χ2v) is 3.88. The van der Waals surface area contributed by atoms with Gasteiger partial charge in [0.05, 0.1) is 0 Å². The highest BCUT2D eigenvalue weighted by Gasteiger charge is 2.11. The van der Waals surface area contributed by atoms with E-state index in [9.17, 15) is 0 Å². The molecule has 2 aromatic heterocycles. The van der Waals surface area contributed by atoms with Crippen LogP contribution in [0, 0.1) is 0 Å². The molecule has 2 heterocycles. The fraction of sp³-hybridized carbons (Fsp3) is 0.500. The Morgan fingerprint density at radius 1 is 1.44 bits per heavy atom. The highest BCUT2D eigenvalue weighted by atomic mass is 35.5. The zero-order valence-electron chi connectivity index (χ0n) is 9.39. The average molecular weight is 240 g/mol. The van der Waals surface area contributed by atoms with Gasteiger partial charge in [-0.05, 0) is 13.3 Å². The maximum absolute atomic E-state index is 5.96. The van der Waals surface area contributed by atoms with E-state index in [1.165, 1.54) is 6.33 Å². The van der Waals surface area contributed by atoms with Crippen LogP contribution in [0.2, 0.25) is 5.15 Å². The largest absolute Gasteiger partial charge is 0.357 e. The molecule has 0 aliphatic carbocycles. The maximum atomic E-state index is 5.96. The third kappa shape index (κ3) is 1.95. The van der Waals surface area contributed by atoms with Crippen LogP contribution in [0.25, 0.3) is 5.78 Å². The van der Waals surface area contributed by atoms with Gasteiger partial charge in [0.2, 0.25) is 0 Å². The fourth-order valence-corrected chi connectivity index (χ4v) is 1.87. The Kier molecular flexibility index (Phi) is 3.24. The minimum atomic E-state index is 0.449. The first-order valence-electron chi connectivity index (χ1n) is 5.37. The Morgan fingerprint density at radius 2 is 2.25 bits per heavy atom. The summed E-state index contributed by atoms with van der Waals surface area (Å²) in [6, 6.07) is 1.82. The van der Waals surface area contributed by atoms with E-state index in [0.717, 1.165) is 25.3 Å². The summed E-state index contributed by atoms with van der Waals surface area (Å²) >= 11 is 5.96. The number of hydrogen-bond donors (Lipinski definition) is 0. The number of rotatable bonds is 4. The predicted molar refractivity (Wildman–Crippen MR) is 64.0 cm³/mol. The van der Waals surface area contributed by atoms with Crippen molar-refractivity contribution in [2.45, 2.75) is 20.3 Å². The summed E-state index contributed by atoms with van der Waals surface area (Å²) in [5.41, 5.74) is 0. The molecule has 16 heavy (non-hydrogen) atoms. The van der Waals surface area contributed by atoms with Crippen LogP contribution in [0.5, 0.6) is 0 Å². The number of anilines is 1. The minimum absolute atomic E-state index is 0.449. The molecule has 0 saturated heterocycles. The van der Waals surface area contributed by atoms with Crippen molar-refractivity contribution in [3.05, 3.63) is 17.5 Å². The first-order valence-corrected chi connectivity index (χ1v) is 5.75. The predicted octanol–water partition coefficient (Wildman–Crippen LogP) is 2.01. The highest BCUT2D eigenvalue weighted by molar-refractivity contribution is 6.29. The molecule has 0 atom stereocenters. The van der Waals surface area contributed by atoms with E-state index in [4.69, 9.17) is 11.6 Å². The van der Waals surface area contributed by atoms with E-state index in [-0.39, 0.29) is 0 Å². The Hall–Kier alpha value is -1.36. The van der Waals surface area contributed by atoms with Gasteiger partial charge in [-0.2, -0.15) is 19.6 Å². The van der Waals surface area contributed by atoms with Crippen LogP contribution in [0.1, 0.15) is 20.3 Å². The van der Waals surface area contributed by atoms with Crippen molar-refractivity contribution in [3.63, 3.8) is 0 Å². The molecule has 0 saturated carbocycles. The topological polar surface area (TPSA) is 46.3 Å². The van der Waals surface area contributed by atoms with Crippen molar-refractivity contribution >= 4 is 23.2 Å². The summed E-state index contributed by atoms with van der Waals surface area (Å²) in [7, 11) is 0. The monoisotopic (exact) mass is 239 g/mol. The molecule has 0 aliphatic heterocycles. The molecule has 6 heteroatoms. The van der Waals surface area contributed by atoms with Crippen LogP contribution in [-0.4, -0.2) is 32.7 Å². The highest BCUT2D eigenvalue weighted by Crippen LogP contribution is 2.18. The lowest BCUT2D eigenvalue weighted by Gasteiger charge is -2.22. The van der Waals surface area contributed by atoms with Crippen molar-refractivity contribution < 1.29 is 0 Å². The Morgan fingerprint density at radius 3 is 2.94 bits per heavy atom. The van der Waals surface area contributed by atoms with Crippen LogP contribution in [0.15, 0.2) is 12.4 Å². The second-order valence-electron chi connectivity index (χ2n) is 3.49. The van der Waals surface area contributed by atoms with Gasteiger partial charge in [-0.1, -0.05) is 18.5 Å². The smallest absolute Gasteiger partial charge is 0.255 e. The molecule has 0 amide bonds. The number of fused-ring (bicyclic) bond motifs is 1. The van der Waals surface area contributed by atoms with Crippen LogP contribution >= 0.6 is 11.6 Å². The zero-order chi connectivity index (χ0) is 11.5. The fourth-order valence-electron chi connectivity index (χ4n) is 1.70. The summed E-state index contributed by atoms with van der Waals surface area (Å²) < 4.78 is 1.71. The molecule has 0 spiro atoms. The number of nitrogens with zero attached hydrogens (tertiary/aromatic N) is 5. The molecule has 2 rings (SSSR count). The lowest BCUT2D eigenvalue weighted by molar-refractivity contribution is 0.752. The van der Waals surface area contributed by atoms with Gasteiger partial charge >= 0.3 is 0 Å². The Bertz CT molecular complexity index is 481. The van der Waals surface area contributed by atoms with Gasteiger partial charge < -0.3 is 4.90 Å². The van der Waals surface area contributed by atoms with Crippen LogP contribution in [0.4, 0.5) is 5.82 Å². The van der Waals surface area contributed by atoms with Crippen LogP contribution in [-0.2, 0) is 0 Å². The van der Waals surface area contributed by atoms with Gasteiger partial charge in [0, 0.05) is 19.2 Å². The van der Waals surface area contributed by atoms with E-state index < -0.39 is 0 Å². The first kappa shape index (κ1) is 11.1. The lowest BCUT2D eigenvalue weighted by atomic mass is 10.4. The van der Waals surface area contributed by atoms with E-state index in [1.54, 1.807) is 4.52 Å². The van der Waals surface area contributed by atoms with E-state index in [1.807, 2.05) is 6.07 Å². The molecule has 0 N–H and O–H groups in total. The van der Waals surface area contributed by atoms with Crippen molar-refractivity contribution in [3.8, 4) is 0 Å². The summed E-state index contributed by atoms with van der Waals surface area (Å²) in [4.78, 5) is 10.4. The SMILES string of the molecule is CCCN(CC)c1cc(Cl)nc2ncnn12. The van der Waals surface area contributed by atoms with Crippen molar-refractivity contribution in [1.29, 1.82) is 0 Å². The first-order chi connectivity index (χ1) is 7.76. The summed E-state index contributed by atoms with van der Waals surface area (Å²) in [6.45, 7) is 6.12. The zero-order valence-corrected chi connectivity index (χ0v) is 10.1. The molecule has 0 fully saturated rings. The molecule has 0 aliphatic rings. The number of halogens is 1. The van der Waals surface area contributed by atoms with Gasteiger partial charge in [-0.25, -0.2) is 0 Å². The molecule has 0 aromatic carbocycles. The van der Waals surface area contributed by atoms with Crippen molar-refractivity contribution in [2.75, 3.05) is 18.0 Å². The molecule has 5 nitrogen and oxygen atoms in total. The molecular weight excluding hydrogens is 226 g/mol. The maximum Gasteiger partial charge on any atom is 0.255 e. The molecule has 0 unspecified atom stereocenters. The Labute approximate surface area is 99.1 Å². The second kappa shape index (κ2) is 4.65. The average Bonchev–Trinajstić information content (AvgIpc) is 2.72. The van der Waals surface area contributed by atoms with Crippen molar-refractivity contribution in [2.24, 2.45) is 0 Å². The minimum Gasteiger partial charge on any atom is -0.357 e. The number of aromatic nitrogens is 4. The van der Waals surface area contributed by atoms with E-state index in [0.29, 0.717) is 10.9 Å². The summed E-state index contributed by atoms with van der Waals surface area (Å²) in [5.74, 6) is 1.48. The van der Waals surface area contributed by atoms with Crippen molar-refractivity contribution in [1.82, 2.24) is 19.6 Å². The Balaban J connectivity index is 2.52. The van der Waals surface area contributed by atoms with Gasteiger partial charge in [-0.15, -0.1) is 0 Å². The summed E-state index contributed by atoms with van der Waals surface area (Å²) in [5, 5.41) is 4.60. The van der Waals surface area contributed by atoms with E-state index >= 15 is 0 Å². The number of hydrogen-bond acceptors (Lipinski definition) is 4. The normalized spacial score (nSPS) is 10.9. The van der Waals surface area contributed by atoms with Crippen LogP contribution < -0.4 is 4.90 Å². The van der Waals surface area contributed by atoms with Gasteiger partial charge in [0.15, 0.2) is 0 Å². The summed E-state index contributed by atoms with van der Waals surface area (Å²) in [6.07, 6.45) is 2.56. The third-order valence-electron chi connectivity index (χ3n) is 2.40. The van der Waals surface area contributed by atoms with Crippen LogP contribution in [0.3, 0.4) is 0 Å². The van der Waals surface area contributed by atoms with Gasteiger partial charge in [0.1, 0.15) is 17.3 Å². The van der Waals surface area contributed by atoms with Gasteiger partial charge in [-0.3, -0.25) is 0 Å².